The zero-order valence-corrected chi connectivity index (χ0v) is 9.39. The molecular formula is C12H13FN2O2. The molecule has 0 bridgehead atoms. The number of aromatic nitrogens is 1. The molecule has 90 valence electrons. The average Bonchev–Trinajstić information content (AvgIpc) is 2.78. The Bertz CT molecular complexity index is 483. The molecule has 17 heavy (non-hydrogen) atoms. The van der Waals surface area contributed by atoms with Crippen LogP contribution in [0.4, 0.5) is 4.39 Å². The van der Waals surface area contributed by atoms with Gasteiger partial charge in [-0.1, -0.05) is 11.2 Å². The minimum atomic E-state index is -0.366. The van der Waals surface area contributed by atoms with Crippen LogP contribution in [0.5, 0.6) is 5.75 Å². The van der Waals surface area contributed by atoms with Crippen molar-refractivity contribution in [2.75, 3.05) is 0 Å². The van der Waals surface area contributed by atoms with Crippen molar-refractivity contribution in [3.8, 4) is 5.75 Å². The molecule has 2 rings (SSSR count). The third-order valence-corrected chi connectivity index (χ3v) is 2.33. The van der Waals surface area contributed by atoms with Crippen LogP contribution in [0.25, 0.3) is 0 Å². The zero-order valence-electron chi connectivity index (χ0n) is 9.39. The molecule has 1 heterocycles. The number of benzene rings is 1. The molecule has 2 N–H and O–H groups in total. The summed E-state index contributed by atoms with van der Waals surface area (Å²) < 4.78 is 23.8. The molecule has 0 radical (unpaired) electrons. The van der Waals surface area contributed by atoms with Crippen molar-refractivity contribution in [2.24, 2.45) is 5.73 Å². The SMILES string of the molecule is C[C@H](N)c1ccc(OCc2ccno2)cc1F. The minimum absolute atomic E-state index is 0.219. The highest BCUT2D eigenvalue weighted by Crippen LogP contribution is 2.21. The summed E-state index contributed by atoms with van der Waals surface area (Å²) in [5.41, 5.74) is 6.08. The number of nitrogens with zero attached hydrogens (tertiary/aromatic N) is 1. The van der Waals surface area contributed by atoms with Crippen LogP contribution in [0, 0.1) is 5.82 Å². The average molecular weight is 236 g/mol. The first-order chi connectivity index (χ1) is 8.16. The van der Waals surface area contributed by atoms with Gasteiger partial charge in [0.05, 0.1) is 6.20 Å². The molecular weight excluding hydrogens is 223 g/mol. The van der Waals surface area contributed by atoms with Gasteiger partial charge in [-0.2, -0.15) is 0 Å². The topological polar surface area (TPSA) is 61.3 Å². The van der Waals surface area contributed by atoms with Crippen LogP contribution >= 0.6 is 0 Å². The van der Waals surface area contributed by atoms with Gasteiger partial charge in [0.1, 0.15) is 18.2 Å². The lowest BCUT2D eigenvalue weighted by molar-refractivity contribution is 0.248. The van der Waals surface area contributed by atoms with E-state index < -0.39 is 0 Å². The third kappa shape index (κ3) is 2.82. The molecule has 1 aromatic heterocycles. The van der Waals surface area contributed by atoms with E-state index in [0.29, 0.717) is 17.1 Å². The van der Waals surface area contributed by atoms with Crippen LogP contribution in [0.3, 0.4) is 0 Å². The van der Waals surface area contributed by atoms with Gasteiger partial charge < -0.3 is 15.0 Å². The van der Waals surface area contributed by atoms with E-state index in [-0.39, 0.29) is 18.5 Å². The van der Waals surface area contributed by atoms with Gasteiger partial charge in [0.2, 0.25) is 0 Å². The van der Waals surface area contributed by atoms with Crippen molar-refractivity contribution in [3.63, 3.8) is 0 Å². The monoisotopic (exact) mass is 236 g/mol. The van der Waals surface area contributed by atoms with Crippen molar-refractivity contribution in [1.82, 2.24) is 5.16 Å². The van der Waals surface area contributed by atoms with Crippen molar-refractivity contribution in [1.29, 1.82) is 0 Å². The summed E-state index contributed by atoms with van der Waals surface area (Å²) in [6.45, 7) is 1.95. The molecule has 5 heteroatoms. The Labute approximate surface area is 98.2 Å². The second kappa shape index (κ2) is 4.97. The van der Waals surface area contributed by atoms with Crippen LogP contribution < -0.4 is 10.5 Å². The Morgan fingerprint density at radius 2 is 2.29 bits per heavy atom. The van der Waals surface area contributed by atoms with Gasteiger partial charge in [-0.15, -0.1) is 0 Å². The number of ether oxygens (including phenoxy) is 1. The third-order valence-electron chi connectivity index (χ3n) is 2.33. The second-order valence-corrected chi connectivity index (χ2v) is 3.74. The van der Waals surface area contributed by atoms with Gasteiger partial charge >= 0.3 is 0 Å². The van der Waals surface area contributed by atoms with Crippen LogP contribution in [-0.2, 0) is 6.61 Å². The van der Waals surface area contributed by atoms with E-state index in [2.05, 4.69) is 5.16 Å². The smallest absolute Gasteiger partial charge is 0.174 e. The highest BCUT2D eigenvalue weighted by Gasteiger charge is 2.08. The summed E-state index contributed by atoms with van der Waals surface area (Å²) in [7, 11) is 0. The molecule has 0 amide bonds. The molecule has 0 spiro atoms. The van der Waals surface area contributed by atoms with E-state index in [1.807, 2.05) is 0 Å². The number of hydrogen-bond acceptors (Lipinski definition) is 4. The highest BCUT2D eigenvalue weighted by atomic mass is 19.1. The van der Waals surface area contributed by atoms with E-state index >= 15 is 0 Å². The second-order valence-electron chi connectivity index (χ2n) is 3.74. The van der Waals surface area contributed by atoms with E-state index in [0.717, 1.165) is 0 Å². The van der Waals surface area contributed by atoms with Gasteiger partial charge in [0.25, 0.3) is 0 Å². The predicted molar refractivity (Wildman–Crippen MR) is 59.8 cm³/mol. The summed E-state index contributed by atoms with van der Waals surface area (Å²) in [6, 6.07) is 5.97. The van der Waals surface area contributed by atoms with Crippen molar-refractivity contribution in [2.45, 2.75) is 19.6 Å². The molecule has 2 aromatic rings. The number of nitrogens with two attached hydrogens (primary N) is 1. The first-order valence-corrected chi connectivity index (χ1v) is 5.24. The van der Waals surface area contributed by atoms with Crippen LogP contribution in [0.15, 0.2) is 35.0 Å². The minimum Gasteiger partial charge on any atom is -0.485 e. The first-order valence-electron chi connectivity index (χ1n) is 5.24. The van der Waals surface area contributed by atoms with Crippen LogP contribution in [0.1, 0.15) is 24.3 Å². The van der Waals surface area contributed by atoms with Gasteiger partial charge in [-0.05, 0) is 13.0 Å². The number of halogens is 1. The first kappa shape index (κ1) is 11.6. The Hall–Kier alpha value is -1.88. The fraction of sp³-hybridized carbons (Fsp3) is 0.250. The molecule has 4 nitrogen and oxygen atoms in total. The van der Waals surface area contributed by atoms with Crippen molar-refractivity contribution in [3.05, 3.63) is 47.6 Å². The van der Waals surface area contributed by atoms with Gasteiger partial charge in [0, 0.05) is 23.7 Å². The van der Waals surface area contributed by atoms with Crippen molar-refractivity contribution >= 4 is 0 Å². The Kier molecular flexibility index (Phi) is 3.39. The summed E-state index contributed by atoms with van der Waals surface area (Å²) in [5, 5.41) is 3.54. The summed E-state index contributed by atoms with van der Waals surface area (Å²) in [4.78, 5) is 0. The van der Waals surface area contributed by atoms with Crippen LogP contribution in [-0.4, -0.2) is 5.16 Å². The van der Waals surface area contributed by atoms with E-state index in [1.165, 1.54) is 12.3 Å². The lowest BCUT2D eigenvalue weighted by Crippen LogP contribution is -2.07. The van der Waals surface area contributed by atoms with Crippen LogP contribution in [0.2, 0.25) is 0 Å². The van der Waals surface area contributed by atoms with Crippen molar-refractivity contribution < 1.29 is 13.7 Å². The summed E-state index contributed by atoms with van der Waals surface area (Å²) >= 11 is 0. The molecule has 0 aliphatic heterocycles. The van der Waals surface area contributed by atoms with E-state index in [1.54, 1.807) is 25.1 Å². The van der Waals surface area contributed by atoms with Gasteiger partial charge in [-0.25, -0.2) is 4.39 Å². The lowest BCUT2D eigenvalue weighted by atomic mass is 10.1. The van der Waals surface area contributed by atoms with E-state index in [4.69, 9.17) is 15.0 Å². The largest absolute Gasteiger partial charge is 0.485 e. The molecule has 1 atom stereocenters. The highest BCUT2D eigenvalue weighted by molar-refractivity contribution is 5.30. The molecule has 0 aliphatic rings. The maximum absolute atomic E-state index is 13.6. The van der Waals surface area contributed by atoms with Gasteiger partial charge in [0.15, 0.2) is 5.76 Å². The maximum atomic E-state index is 13.6. The molecule has 1 aromatic carbocycles. The molecule has 0 unspecified atom stereocenters. The molecule has 0 aliphatic carbocycles. The molecule has 0 saturated carbocycles. The summed E-state index contributed by atoms with van der Waals surface area (Å²) in [6.07, 6.45) is 1.53. The fourth-order valence-electron chi connectivity index (χ4n) is 1.44. The van der Waals surface area contributed by atoms with Gasteiger partial charge in [-0.3, -0.25) is 0 Å². The molecule has 0 saturated heterocycles. The Morgan fingerprint density at radius 3 is 2.88 bits per heavy atom. The normalized spacial score (nSPS) is 12.4. The fourth-order valence-corrected chi connectivity index (χ4v) is 1.44. The molecule has 0 fully saturated rings. The summed E-state index contributed by atoms with van der Waals surface area (Å²) in [5.74, 6) is 0.653. The number of rotatable bonds is 4. The lowest BCUT2D eigenvalue weighted by Gasteiger charge is -2.09. The Balaban J connectivity index is 2.05. The number of hydrogen-bond donors (Lipinski definition) is 1. The predicted octanol–water partition coefficient (Wildman–Crippen LogP) is 2.41. The quantitative estimate of drug-likeness (QED) is 0.885. The van der Waals surface area contributed by atoms with E-state index in [9.17, 15) is 4.39 Å². The standard InChI is InChI=1S/C12H13FN2O2/c1-8(14)11-3-2-9(6-12(11)13)16-7-10-4-5-15-17-10/h2-6,8H,7,14H2,1H3/t8-/m0/s1. The maximum Gasteiger partial charge on any atom is 0.174 e. The Morgan fingerprint density at radius 1 is 1.47 bits per heavy atom. The zero-order chi connectivity index (χ0) is 12.3.